The quantitative estimate of drug-likeness (QED) is 0.539. The van der Waals surface area contributed by atoms with Crippen LogP contribution in [-0.2, 0) is 22.7 Å². The molecule has 0 aliphatic carbocycles. The maximum absolute atomic E-state index is 13.3. The SMILES string of the molecule is CCC(C)N(CC(=O)N(Cc1ccc(F)cc1)Cc1cccs1)C(=O)CC(C)C. The van der Waals surface area contributed by atoms with Crippen LogP contribution in [0, 0.1) is 11.7 Å². The second-order valence-corrected chi connectivity index (χ2v) is 8.86. The predicted octanol–water partition coefficient (Wildman–Crippen LogP) is 5.09. The molecule has 0 saturated carbocycles. The molecule has 2 aromatic rings. The zero-order valence-corrected chi connectivity index (χ0v) is 18.5. The number of nitrogens with zero attached hydrogens (tertiary/aromatic N) is 2. The van der Waals surface area contributed by atoms with Crippen LogP contribution < -0.4 is 0 Å². The highest BCUT2D eigenvalue weighted by Gasteiger charge is 2.25. The van der Waals surface area contributed by atoms with Gasteiger partial charge < -0.3 is 9.80 Å². The van der Waals surface area contributed by atoms with Crippen LogP contribution in [-0.4, -0.2) is 34.2 Å². The lowest BCUT2D eigenvalue weighted by Gasteiger charge is -2.31. The molecule has 0 radical (unpaired) electrons. The Labute approximate surface area is 177 Å². The fraction of sp³-hybridized carbons (Fsp3) is 0.478. The second-order valence-electron chi connectivity index (χ2n) is 7.83. The summed E-state index contributed by atoms with van der Waals surface area (Å²) in [5, 5.41) is 1.98. The molecule has 0 saturated heterocycles. The van der Waals surface area contributed by atoms with E-state index in [1.807, 2.05) is 45.2 Å². The Bertz CT molecular complexity index is 775. The number of amides is 2. The molecule has 0 aliphatic rings. The molecule has 0 bridgehead atoms. The summed E-state index contributed by atoms with van der Waals surface area (Å²) < 4.78 is 13.3. The molecule has 1 heterocycles. The third kappa shape index (κ3) is 7.28. The second kappa shape index (κ2) is 11.1. The Morgan fingerprint density at radius 3 is 2.28 bits per heavy atom. The molecule has 2 rings (SSSR count). The Balaban J connectivity index is 2.19. The molecule has 29 heavy (non-hydrogen) atoms. The van der Waals surface area contributed by atoms with Crippen molar-refractivity contribution in [1.82, 2.24) is 9.80 Å². The highest BCUT2D eigenvalue weighted by molar-refractivity contribution is 7.09. The van der Waals surface area contributed by atoms with E-state index in [4.69, 9.17) is 0 Å². The highest BCUT2D eigenvalue weighted by atomic mass is 32.1. The van der Waals surface area contributed by atoms with E-state index in [-0.39, 0.29) is 36.1 Å². The number of halogens is 1. The highest BCUT2D eigenvalue weighted by Crippen LogP contribution is 2.17. The van der Waals surface area contributed by atoms with Crippen molar-refractivity contribution in [2.75, 3.05) is 6.54 Å². The minimum Gasteiger partial charge on any atom is -0.332 e. The first-order chi connectivity index (χ1) is 13.8. The zero-order valence-electron chi connectivity index (χ0n) is 17.7. The van der Waals surface area contributed by atoms with Gasteiger partial charge in [0.2, 0.25) is 11.8 Å². The summed E-state index contributed by atoms with van der Waals surface area (Å²) in [5.74, 6) is -0.140. The van der Waals surface area contributed by atoms with Gasteiger partial charge in [-0.1, -0.05) is 39.0 Å². The number of carbonyl (C=O) groups excluding carboxylic acids is 2. The van der Waals surface area contributed by atoms with Gasteiger partial charge in [-0.25, -0.2) is 4.39 Å². The molecule has 1 aromatic heterocycles. The lowest BCUT2D eigenvalue weighted by molar-refractivity contribution is -0.143. The molecule has 6 heteroatoms. The van der Waals surface area contributed by atoms with Gasteiger partial charge in [-0.2, -0.15) is 0 Å². The first-order valence-electron chi connectivity index (χ1n) is 10.1. The third-order valence-corrected chi connectivity index (χ3v) is 5.76. The number of thiophene rings is 1. The summed E-state index contributed by atoms with van der Waals surface area (Å²) >= 11 is 1.59. The van der Waals surface area contributed by atoms with Gasteiger partial charge in [-0.3, -0.25) is 9.59 Å². The number of rotatable bonds is 10. The van der Waals surface area contributed by atoms with Crippen molar-refractivity contribution in [3.8, 4) is 0 Å². The summed E-state index contributed by atoms with van der Waals surface area (Å²) in [6.07, 6.45) is 1.22. The average Bonchev–Trinajstić information content (AvgIpc) is 3.19. The minimum atomic E-state index is -0.299. The van der Waals surface area contributed by atoms with E-state index in [0.717, 1.165) is 16.9 Å². The van der Waals surface area contributed by atoms with Crippen molar-refractivity contribution < 1.29 is 14.0 Å². The summed E-state index contributed by atoms with van der Waals surface area (Å²) in [6.45, 7) is 8.93. The van der Waals surface area contributed by atoms with Gasteiger partial charge in [0.1, 0.15) is 12.4 Å². The monoisotopic (exact) mass is 418 g/mol. The molecule has 2 amide bonds. The van der Waals surface area contributed by atoms with Crippen LogP contribution >= 0.6 is 11.3 Å². The zero-order chi connectivity index (χ0) is 21.4. The normalized spacial score (nSPS) is 12.1. The van der Waals surface area contributed by atoms with Crippen LogP contribution in [0.3, 0.4) is 0 Å². The van der Waals surface area contributed by atoms with Crippen LogP contribution in [0.25, 0.3) is 0 Å². The summed E-state index contributed by atoms with van der Waals surface area (Å²) in [7, 11) is 0. The van der Waals surface area contributed by atoms with Crippen molar-refractivity contribution in [2.45, 2.75) is 59.7 Å². The Hall–Kier alpha value is -2.21. The van der Waals surface area contributed by atoms with E-state index in [1.54, 1.807) is 33.3 Å². The van der Waals surface area contributed by atoms with Gasteiger partial charge in [0, 0.05) is 23.9 Å². The molecule has 4 nitrogen and oxygen atoms in total. The Morgan fingerprint density at radius 2 is 1.72 bits per heavy atom. The van der Waals surface area contributed by atoms with Gasteiger partial charge in [0.25, 0.3) is 0 Å². The van der Waals surface area contributed by atoms with Crippen LogP contribution in [0.1, 0.15) is 51.0 Å². The predicted molar refractivity (Wildman–Crippen MR) is 116 cm³/mol. The molecule has 0 N–H and O–H groups in total. The molecular weight excluding hydrogens is 387 g/mol. The number of benzene rings is 1. The van der Waals surface area contributed by atoms with E-state index in [9.17, 15) is 14.0 Å². The van der Waals surface area contributed by atoms with E-state index in [2.05, 4.69) is 0 Å². The standard InChI is InChI=1S/C23H31FN2O2S/c1-5-18(4)26(22(27)13-17(2)3)16-23(28)25(15-21-7-6-12-29-21)14-19-8-10-20(24)11-9-19/h6-12,17-18H,5,13-16H2,1-4H3. The van der Waals surface area contributed by atoms with Gasteiger partial charge >= 0.3 is 0 Å². The largest absolute Gasteiger partial charge is 0.332 e. The van der Waals surface area contributed by atoms with E-state index in [0.29, 0.717) is 19.5 Å². The fourth-order valence-corrected chi connectivity index (χ4v) is 3.77. The molecule has 1 atom stereocenters. The molecule has 158 valence electrons. The van der Waals surface area contributed by atoms with Gasteiger partial charge in [0.05, 0.1) is 6.54 Å². The molecule has 0 aliphatic heterocycles. The lowest BCUT2D eigenvalue weighted by Crippen LogP contribution is -2.46. The number of hydrogen-bond donors (Lipinski definition) is 0. The third-order valence-electron chi connectivity index (χ3n) is 4.90. The lowest BCUT2D eigenvalue weighted by atomic mass is 10.1. The summed E-state index contributed by atoms with van der Waals surface area (Å²) in [6, 6.07) is 10.1. The van der Waals surface area contributed by atoms with Crippen molar-refractivity contribution in [2.24, 2.45) is 5.92 Å². The number of carbonyl (C=O) groups is 2. The maximum atomic E-state index is 13.3. The van der Waals surface area contributed by atoms with Gasteiger partial charge in [-0.15, -0.1) is 11.3 Å². The smallest absolute Gasteiger partial charge is 0.242 e. The van der Waals surface area contributed by atoms with E-state index < -0.39 is 0 Å². The van der Waals surface area contributed by atoms with Crippen LogP contribution in [0.15, 0.2) is 41.8 Å². The average molecular weight is 419 g/mol. The molecule has 0 spiro atoms. The van der Waals surface area contributed by atoms with Gasteiger partial charge in [0.15, 0.2) is 0 Å². The topological polar surface area (TPSA) is 40.6 Å². The van der Waals surface area contributed by atoms with Crippen molar-refractivity contribution in [3.63, 3.8) is 0 Å². The molecule has 0 fully saturated rings. The van der Waals surface area contributed by atoms with E-state index >= 15 is 0 Å². The van der Waals surface area contributed by atoms with Crippen LogP contribution in [0.4, 0.5) is 4.39 Å². The Kier molecular flexibility index (Phi) is 8.83. The minimum absolute atomic E-state index is 0.000362. The molecule has 1 aromatic carbocycles. The molecule has 1 unspecified atom stereocenters. The van der Waals surface area contributed by atoms with Crippen molar-refractivity contribution in [3.05, 3.63) is 58.0 Å². The Morgan fingerprint density at radius 1 is 1.03 bits per heavy atom. The summed E-state index contributed by atoms with van der Waals surface area (Å²) in [4.78, 5) is 30.5. The summed E-state index contributed by atoms with van der Waals surface area (Å²) in [5.41, 5.74) is 0.861. The van der Waals surface area contributed by atoms with Crippen molar-refractivity contribution in [1.29, 1.82) is 0 Å². The number of hydrogen-bond acceptors (Lipinski definition) is 3. The first kappa shape index (κ1) is 23.1. The van der Waals surface area contributed by atoms with Crippen LogP contribution in [0.5, 0.6) is 0 Å². The first-order valence-corrected chi connectivity index (χ1v) is 11.0. The maximum Gasteiger partial charge on any atom is 0.242 e. The van der Waals surface area contributed by atoms with E-state index in [1.165, 1.54) is 12.1 Å². The molecular formula is C23H31FN2O2S. The van der Waals surface area contributed by atoms with Crippen molar-refractivity contribution >= 4 is 23.2 Å². The van der Waals surface area contributed by atoms with Gasteiger partial charge in [-0.05, 0) is 48.4 Å². The van der Waals surface area contributed by atoms with Crippen LogP contribution in [0.2, 0.25) is 0 Å². The fourth-order valence-electron chi connectivity index (χ4n) is 3.06.